The minimum Gasteiger partial charge on any atom is -0.488 e. The van der Waals surface area contributed by atoms with Crippen LogP contribution in [0.5, 0.6) is 5.75 Å². The number of hydrogen-bond donors (Lipinski definition) is 2. The van der Waals surface area contributed by atoms with Crippen LogP contribution in [0.15, 0.2) is 28.8 Å². The largest absolute Gasteiger partial charge is 0.488 e. The summed E-state index contributed by atoms with van der Waals surface area (Å²) in [5, 5.41) is 9.54. The molecule has 3 rings (SSSR count). The number of ether oxygens (including phenoxy) is 1. The third-order valence-corrected chi connectivity index (χ3v) is 4.53. The van der Waals surface area contributed by atoms with Crippen molar-refractivity contribution in [2.24, 2.45) is 0 Å². The Morgan fingerprint density at radius 3 is 2.92 bits per heavy atom. The lowest BCUT2D eigenvalue weighted by molar-refractivity contribution is -0.122. The van der Waals surface area contributed by atoms with Crippen molar-refractivity contribution in [2.45, 2.75) is 45.8 Å². The molecule has 0 unspecified atom stereocenters. The van der Waals surface area contributed by atoms with E-state index < -0.39 is 6.04 Å². The third-order valence-electron chi connectivity index (χ3n) is 4.53. The normalized spacial score (nSPS) is 17.3. The Kier molecular flexibility index (Phi) is 5.55. The molecule has 138 valence electrons. The maximum atomic E-state index is 12.7. The summed E-state index contributed by atoms with van der Waals surface area (Å²) in [6.07, 6.45) is 2.46. The van der Waals surface area contributed by atoms with Gasteiger partial charge in [0.15, 0.2) is 0 Å². The Morgan fingerprint density at radius 1 is 1.35 bits per heavy atom. The minimum atomic E-state index is -0.513. The van der Waals surface area contributed by atoms with Gasteiger partial charge in [-0.2, -0.15) is 0 Å². The number of benzene rings is 1. The second kappa shape index (κ2) is 8.03. The van der Waals surface area contributed by atoms with Crippen molar-refractivity contribution >= 4 is 11.8 Å². The van der Waals surface area contributed by atoms with Crippen molar-refractivity contribution < 1.29 is 18.8 Å². The number of aromatic nitrogens is 1. The molecule has 0 aliphatic carbocycles. The maximum Gasteiger partial charge on any atom is 0.255 e. The molecule has 1 aromatic carbocycles. The lowest BCUT2D eigenvalue weighted by Gasteiger charge is -2.17. The Labute approximate surface area is 152 Å². The molecule has 1 saturated heterocycles. The highest BCUT2D eigenvalue weighted by Crippen LogP contribution is 2.22. The number of nitrogens with one attached hydrogen (secondary N) is 2. The quantitative estimate of drug-likeness (QED) is 0.856. The van der Waals surface area contributed by atoms with Crippen LogP contribution in [0.3, 0.4) is 0 Å². The zero-order chi connectivity index (χ0) is 18.5. The van der Waals surface area contributed by atoms with Gasteiger partial charge in [0.1, 0.15) is 24.2 Å². The van der Waals surface area contributed by atoms with Crippen molar-refractivity contribution in [3.63, 3.8) is 0 Å². The number of hydrogen-bond acceptors (Lipinski definition) is 5. The fourth-order valence-electron chi connectivity index (χ4n) is 2.95. The van der Waals surface area contributed by atoms with E-state index in [2.05, 4.69) is 15.8 Å². The van der Waals surface area contributed by atoms with Gasteiger partial charge in [-0.05, 0) is 45.2 Å². The van der Waals surface area contributed by atoms with Crippen LogP contribution in [-0.2, 0) is 11.4 Å². The molecule has 1 aromatic heterocycles. The van der Waals surface area contributed by atoms with E-state index in [4.69, 9.17) is 9.26 Å². The molecule has 0 radical (unpaired) electrons. The number of nitrogens with zero attached hydrogens (tertiary/aromatic N) is 1. The highest BCUT2D eigenvalue weighted by molar-refractivity contribution is 5.99. The summed E-state index contributed by atoms with van der Waals surface area (Å²) in [6.45, 7) is 4.58. The molecule has 2 heterocycles. The molecule has 0 bridgehead atoms. The molecule has 1 fully saturated rings. The average Bonchev–Trinajstić information content (AvgIpc) is 2.82. The van der Waals surface area contributed by atoms with Crippen molar-refractivity contribution in [1.29, 1.82) is 0 Å². The van der Waals surface area contributed by atoms with E-state index in [0.717, 1.165) is 24.1 Å². The van der Waals surface area contributed by atoms with Gasteiger partial charge in [-0.25, -0.2) is 0 Å². The van der Waals surface area contributed by atoms with Crippen LogP contribution in [0.4, 0.5) is 0 Å². The van der Waals surface area contributed by atoms with Crippen molar-refractivity contribution in [3.8, 4) is 5.75 Å². The Balaban J connectivity index is 1.71. The van der Waals surface area contributed by atoms with Crippen molar-refractivity contribution in [2.75, 3.05) is 6.54 Å². The maximum absolute atomic E-state index is 12.7. The molecule has 0 spiro atoms. The highest BCUT2D eigenvalue weighted by atomic mass is 16.5. The number of para-hydroxylation sites is 1. The number of rotatable bonds is 5. The molecule has 0 saturated carbocycles. The van der Waals surface area contributed by atoms with Gasteiger partial charge < -0.3 is 19.9 Å². The lowest BCUT2D eigenvalue weighted by atomic mass is 10.1. The van der Waals surface area contributed by atoms with Gasteiger partial charge in [0.05, 0.1) is 16.8 Å². The standard InChI is InChI=1S/C19H23N3O4/c1-12-15(13(2)26-22-12)11-25-17-9-4-3-7-14(17)18(23)21-16-8-5-6-10-20-19(16)24/h3-4,7,9,16H,5-6,8,10-11H2,1-2H3,(H,20,24)(H,21,23)/t16-/m0/s1. The first kappa shape index (κ1) is 18.0. The van der Waals surface area contributed by atoms with E-state index in [0.29, 0.717) is 30.0 Å². The molecule has 7 nitrogen and oxygen atoms in total. The average molecular weight is 357 g/mol. The molecule has 1 atom stereocenters. The predicted octanol–water partition coefficient (Wildman–Crippen LogP) is 2.27. The van der Waals surface area contributed by atoms with Crippen LogP contribution in [0.1, 0.15) is 46.6 Å². The Morgan fingerprint density at radius 2 is 2.15 bits per heavy atom. The number of amides is 2. The second-order valence-electron chi connectivity index (χ2n) is 6.40. The molecule has 26 heavy (non-hydrogen) atoms. The molecular formula is C19H23N3O4. The first-order valence-electron chi connectivity index (χ1n) is 8.78. The third kappa shape index (κ3) is 4.04. The van der Waals surface area contributed by atoms with E-state index in [-0.39, 0.29) is 18.4 Å². The fourth-order valence-corrected chi connectivity index (χ4v) is 2.95. The molecular weight excluding hydrogens is 334 g/mol. The van der Waals surface area contributed by atoms with E-state index >= 15 is 0 Å². The summed E-state index contributed by atoms with van der Waals surface area (Å²) in [5.41, 5.74) is 2.03. The smallest absolute Gasteiger partial charge is 0.255 e. The number of carbonyl (C=O) groups excluding carboxylic acids is 2. The molecule has 1 aliphatic rings. The molecule has 2 aromatic rings. The van der Waals surface area contributed by atoms with Gasteiger partial charge in [-0.3, -0.25) is 9.59 Å². The molecule has 2 N–H and O–H groups in total. The lowest BCUT2D eigenvalue weighted by Crippen LogP contribution is -2.45. The zero-order valence-corrected chi connectivity index (χ0v) is 15.0. The van der Waals surface area contributed by atoms with Crippen molar-refractivity contribution in [3.05, 3.63) is 46.8 Å². The number of carbonyl (C=O) groups is 2. The topological polar surface area (TPSA) is 93.5 Å². The van der Waals surface area contributed by atoms with Crippen LogP contribution in [0, 0.1) is 13.8 Å². The van der Waals surface area contributed by atoms with Crippen LogP contribution < -0.4 is 15.4 Å². The number of aryl methyl sites for hydroxylation is 2. The first-order valence-corrected chi connectivity index (χ1v) is 8.78. The van der Waals surface area contributed by atoms with E-state index in [1.54, 1.807) is 24.3 Å². The van der Waals surface area contributed by atoms with Gasteiger partial charge in [-0.1, -0.05) is 17.3 Å². The summed E-state index contributed by atoms with van der Waals surface area (Å²) in [5.74, 6) is 0.699. The van der Waals surface area contributed by atoms with Gasteiger partial charge in [0.2, 0.25) is 5.91 Å². The van der Waals surface area contributed by atoms with Crippen LogP contribution in [0.25, 0.3) is 0 Å². The first-order chi connectivity index (χ1) is 12.6. The van der Waals surface area contributed by atoms with Gasteiger partial charge in [0.25, 0.3) is 5.91 Å². The van der Waals surface area contributed by atoms with Crippen LogP contribution >= 0.6 is 0 Å². The Hall–Kier alpha value is -2.83. The van der Waals surface area contributed by atoms with Crippen molar-refractivity contribution in [1.82, 2.24) is 15.8 Å². The highest BCUT2D eigenvalue weighted by Gasteiger charge is 2.24. The van der Waals surface area contributed by atoms with E-state index in [1.807, 2.05) is 13.8 Å². The summed E-state index contributed by atoms with van der Waals surface area (Å²) < 4.78 is 11.0. The minimum absolute atomic E-state index is 0.134. The summed E-state index contributed by atoms with van der Waals surface area (Å²) in [7, 11) is 0. The van der Waals surface area contributed by atoms with Gasteiger partial charge in [-0.15, -0.1) is 0 Å². The van der Waals surface area contributed by atoms with E-state index in [1.165, 1.54) is 0 Å². The second-order valence-corrected chi connectivity index (χ2v) is 6.40. The SMILES string of the molecule is Cc1noc(C)c1COc1ccccc1C(=O)N[C@H]1CCCCNC1=O. The molecule has 1 aliphatic heterocycles. The molecule has 2 amide bonds. The summed E-state index contributed by atoms with van der Waals surface area (Å²) >= 11 is 0. The predicted molar refractivity (Wildman–Crippen MR) is 94.9 cm³/mol. The zero-order valence-electron chi connectivity index (χ0n) is 15.0. The van der Waals surface area contributed by atoms with Crippen LogP contribution in [-0.4, -0.2) is 29.6 Å². The van der Waals surface area contributed by atoms with Crippen LogP contribution in [0.2, 0.25) is 0 Å². The van der Waals surface area contributed by atoms with E-state index in [9.17, 15) is 9.59 Å². The summed E-state index contributed by atoms with van der Waals surface area (Å²) in [4.78, 5) is 24.7. The van der Waals surface area contributed by atoms with Gasteiger partial charge in [0, 0.05) is 6.54 Å². The monoisotopic (exact) mass is 357 g/mol. The fraction of sp³-hybridized carbons (Fsp3) is 0.421. The summed E-state index contributed by atoms with van der Waals surface area (Å²) in [6, 6.07) is 6.48. The van der Waals surface area contributed by atoms with Gasteiger partial charge >= 0.3 is 0 Å². The molecule has 7 heteroatoms. The Bertz CT molecular complexity index is 780.